The minimum Gasteiger partial charge on any atom is -0.370 e. The highest BCUT2D eigenvalue weighted by Gasteiger charge is 2.51. The first-order chi connectivity index (χ1) is 23.8. The first-order valence-electron chi connectivity index (χ1n) is 18.5. The quantitative estimate of drug-likeness (QED) is 0.412. The lowest BCUT2D eigenvalue weighted by atomic mass is 9.85. The number of halogens is 1. The Morgan fingerprint density at radius 2 is 1.53 bits per heavy atom. The normalized spacial score (nSPS) is 30.9. The summed E-state index contributed by atoms with van der Waals surface area (Å²) in [5, 5.41) is 0.665. The highest BCUT2D eigenvalue weighted by molar-refractivity contribution is 6.30. The molecule has 0 radical (unpaired) electrons. The summed E-state index contributed by atoms with van der Waals surface area (Å²) in [5.74, 6) is 0.316. The van der Waals surface area contributed by atoms with Gasteiger partial charge in [-0.25, -0.2) is 0 Å². The van der Waals surface area contributed by atoms with Crippen LogP contribution < -0.4 is 4.90 Å². The number of anilines is 1. The third-order valence-electron chi connectivity index (χ3n) is 12.0. The van der Waals surface area contributed by atoms with Gasteiger partial charge in [-0.3, -0.25) is 14.4 Å². The van der Waals surface area contributed by atoms with E-state index in [4.69, 9.17) is 16.3 Å². The van der Waals surface area contributed by atoms with E-state index in [0.29, 0.717) is 56.7 Å². The molecule has 7 rings (SSSR count). The minimum atomic E-state index is -0.597. The van der Waals surface area contributed by atoms with Crippen molar-refractivity contribution in [2.24, 2.45) is 11.8 Å². The van der Waals surface area contributed by atoms with E-state index in [1.165, 1.54) is 0 Å². The molecule has 0 spiro atoms. The van der Waals surface area contributed by atoms with Crippen molar-refractivity contribution in [1.29, 1.82) is 0 Å². The van der Waals surface area contributed by atoms with Crippen LogP contribution in [0.2, 0.25) is 5.02 Å². The average molecular weight is 690 g/mol. The number of carbonyl (C=O) groups is 3. The van der Waals surface area contributed by atoms with Crippen LogP contribution in [0.1, 0.15) is 63.4 Å². The maximum absolute atomic E-state index is 15.1. The topological polar surface area (TPSA) is 76.6 Å². The third-order valence-corrected chi connectivity index (χ3v) is 12.2. The van der Waals surface area contributed by atoms with Gasteiger partial charge in [-0.2, -0.15) is 0 Å². The van der Waals surface area contributed by atoms with Gasteiger partial charge >= 0.3 is 0 Å². The second kappa shape index (κ2) is 15.0. The summed E-state index contributed by atoms with van der Waals surface area (Å²) in [7, 11) is 2.08. The van der Waals surface area contributed by atoms with Crippen LogP contribution in [0.5, 0.6) is 0 Å². The van der Waals surface area contributed by atoms with Crippen LogP contribution >= 0.6 is 11.6 Å². The van der Waals surface area contributed by atoms with E-state index in [9.17, 15) is 9.59 Å². The number of hydrogen-bond acceptors (Lipinski definition) is 6. The number of amides is 3. The molecular formula is C39H52ClN5O4. The lowest BCUT2D eigenvalue weighted by Crippen LogP contribution is -2.54. The molecule has 1 saturated carbocycles. The Labute approximate surface area is 296 Å². The molecular weight excluding hydrogens is 638 g/mol. The number of nitrogens with zero attached hydrogens (tertiary/aromatic N) is 5. The summed E-state index contributed by atoms with van der Waals surface area (Å²) >= 11 is 6.30. The summed E-state index contributed by atoms with van der Waals surface area (Å²) < 4.78 is 5.96. The molecule has 10 heteroatoms. The van der Waals surface area contributed by atoms with E-state index in [1.807, 2.05) is 52.3 Å². The van der Waals surface area contributed by atoms with Gasteiger partial charge in [0.05, 0.1) is 12.0 Å². The van der Waals surface area contributed by atoms with Crippen molar-refractivity contribution < 1.29 is 19.1 Å². The van der Waals surface area contributed by atoms with Crippen molar-refractivity contribution in [3.8, 4) is 0 Å². The molecule has 264 valence electrons. The zero-order valence-electron chi connectivity index (χ0n) is 29.1. The van der Waals surface area contributed by atoms with Crippen LogP contribution in [0.25, 0.3) is 0 Å². The number of rotatable bonds is 7. The Bertz CT molecular complexity index is 1450. The largest absolute Gasteiger partial charge is 0.370 e. The molecule has 4 heterocycles. The van der Waals surface area contributed by atoms with Crippen molar-refractivity contribution in [2.75, 3.05) is 64.4 Å². The Morgan fingerprint density at radius 3 is 2.20 bits per heavy atom. The first-order valence-corrected chi connectivity index (χ1v) is 18.9. The summed E-state index contributed by atoms with van der Waals surface area (Å²) in [6, 6.07) is 17.4. The molecule has 2 aromatic carbocycles. The molecule has 0 bridgehead atoms. The van der Waals surface area contributed by atoms with Gasteiger partial charge in [0.15, 0.2) is 0 Å². The summed E-state index contributed by atoms with van der Waals surface area (Å²) in [4.78, 5) is 54.4. The molecule has 4 saturated heterocycles. The summed E-state index contributed by atoms with van der Waals surface area (Å²) in [6.45, 7) is 7.46. The van der Waals surface area contributed by atoms with E-state index < -0.39 is 12.1 Å². The fourth-order valence-corrected chi connectivity index (χ4v) is 9.14. The molecule has 5 atom stereocenters. The molecule has 1 aliphatic carbocycles. The molecule has 5 aliphatic rings. The van der Waals surface area contributed by atoms with E-state index in [0.717, 1.165) is 62.9 Å². The van der Waals surface area contributed by atoms with Crippen LogP contribution in [0, 0.1) is 11.8 Å². The molecule has 3 amide bonds. The lowest BCUT2D eigenvalue weighted by molar-refractivity contribution is -0.148. The minimum absolute atomic E-state index is 0.00939. The van der Waals surface area contributed by atoms with Crippen molar-refractivity contribution in [2.45, 2.75) is 82.0 Å². The fourth-order valence-electron chi connectivity index (χ4n) is 9.01. The molecule has 0 aromatic heterocycles. The van der Waals surface area contributed by atoms with E-state index >= 15 is 4.79 Å². The monoisotopic (exact) mass is 689 g/mol. The molecule has 49 heavy (non-hydrogen) atoms. The predicted molar refractivity (Wildman–Crippen MR) is 192 cm³/mol. The maximum Gasteiger partial charge on any atom is 0.252 e. The summed E-state index contributed by atoms with van der Waals surface area (Å²) in [5.41, 5.74) is 2.16. The van der Waals surface area contributed by atoms with Crippen molar-refractivity contribution >= 4 is 35.0 Å². The number of piperazine rings is 1. The standard InChI is InChI=1S/C39H52ClN5O4/c1-27-10-16-31(17-11-27)45(39(48)36-9-6-22-49-36)32-23-35(38(47)42-20-18-41(2)19-21-42)44(24-32)37(46)34-26-43(30-7-4-3-5-8-30)25-33(34)28-12-14-29(40)15-13-28/h3-5,7-8,12-15,27,31-36H,6,9-11,16-26H2,1-2H3/t27?,31?,32-,33-,34-,35-,36-/m0/s1. The number of benzene rings is 2. The Kier molecular flexibility index (Phi) is 10.5. The average Bonchev–Trinajstić information content (AvgIpc) is 3.91. The predicted octanol–water partition coefficient (Wildman–Crippen LogP) is 4.89. The number of para-hydroxylation sites is 1. The van der Waals surface area contributed by atoms with Crippen molar-refractivity contribution in [3.63, 3.8) is 0 Å². The molecule has 0 N–H and O–H groups in total. The number of ether oxygens (including phenoxy) is 1. The maximum atomic E-state index is 15.1. The van der Waals surface area contributed by atoms with Gasteiger partial charge in [0, 0.05) is 75.1 Å². The number of likely N-dealkylation sites (tertiary alicyclic amines) is 1. The van der Waals surface area contributed by atoms with Crippen LogP contribution in [-0.2, 0) is 19.1 Å². The van der Waals surface area contributed by atoms with Crippen LogP contribution in [0.15, 0.2) is 54.6 Å². The second-order valence-electron chi connectivity index (χ2n) is 15.2. The Balaban J connectivity index is 1.21. The second-order valence-corrected chi connectivity index (χ2v) is 15.6. The molecule has 2 aromatic rings. The van der Waals surface area contributed by atoms with E-state index in [1.54, 1.807) is 0 Å². The van der Waals surface area contributed by atoms with Gasteiger partial charge in [0.1, 0.15) is 12.1 Å². The molecule has 4 aliphatic heterocycles. The smallest absolute Gasteiger partial charge is 0.252 e. The van der Waals surface area contributed by atoms with Gasteiger partial charge in [0.2, 0.25) is 11.8 Å². The van der Waals surface area contributed by atoms with Gasteiger partial charge < -0.3 is 29.2 Å². The van der Waals surface area contributed by atoms with E-state index in [-0.39, 0.29) is 41.6 Å². The van der Waals surface area contributed by atoms with Gasteiger partial charge in [-0.05, 0) is 87.7 Å². The number of hydrogen-bond donors (Lipinski definition) is 0. The number of likely N-dealkylation sites (N-methyl/N-ethyl adjacent to an activating group) is 1. The Hall–Kier alpha value is -3.14. The number of carbonyl (C=O) groups excluding carboxylic acids is 3. The van der Waals surface area contributed by atoms with Crippen LogP contribution in [0.4, 0.5) is 5.69 Å². The van der Waals surface area contributed by atoms with Gasteiger partial charge in [-0.15, -0.1) is 0 Å². The zero-order chi connectivity index (χ0) is 34.1. The van der Waals surface area contributed by atoms with Crippen molar-refractivity contribution in [3.05, 3.63) is 65.2 Å². The fraction of sp³-hybridized carbons (Fsp3) is 0.615. The van der Waals surface area contributed by atoms with Crippen molar-refractivity contribution in [1.82, 2.24) is 19.6 Å². The highest BCUT2D eigenvalue weighted by atomic mass is 35.5. The SMILES string of the molecule is CC1CCC(N(C(=O)[C@@H]2CCCO2)[C@H]2C[C@@H](C(=O)N3CCN(C)CC3)N(C(=O)[C@H]3CN(c4ccccc4)C[C@H]3c3ccc(Cl)cc3)C2)CC1. The molecule has 9 nitrogen and oxygen atoms in total. The zero-order valence-corrected chi connectivity index (χ0v) is 29.8. The van der Waals surface area contributed by atoms with E-state index in [2.05, 4.69) is 40.8 Å². The Morgan fingerprint density at radius 1 is 0.816 bits per heavy atom. The third kappa shape index (κ3) is 7.35. The van der Waals surface area contributed by atoms with Gasteiger partial charge in [0.25, 0.3) is 5.91 Å². The summed E-state index contributed by atoms with van der Waals surface area (Å²) in [6.07, 6.45) is 5.73. The molecule has 0 unspecified atom stereocenters. The van der Waals surface area contributed by atoms with Gasteiger partial charge in [-0.1, -0.05) is 48.9 Å². The molecule has 5 fully saturated rings. The van der Waals surface area contributed by atoms with Crippen LogP contribution in [-0.4, -0.2) is 121 Å². The highest BCUT2D eigenvalue weighted by Crippen LogP contribution is 2.40. The first kappa shape index (κ1) is 34.3. The van der Waals surface area contributed by atoms with Crippen LogP contribution in [0.3, 0.4) is 0 Å². The lowest BCUT2D eigenvalue weighted by Gasteiger charge is -2.41.